The number of unbranched alkanes of at least 4 members (excludes halogenated alkanes) is 30. The lowest BCUT2D eigenvalue weighted by atomic mass is 9.79. The summed E-state index contributed by atoms with van der Waals surface area (Å²) in [5.74, 6) is 2.64. The van der Waals surface area contributed by atoms with Crippen LogP contribution in [-0.2, 0) is 29.5 Å². The smallest absolute Gasteiger partial charge is 0.307 e. The number of rotatable bonds is 44. The highest BCUT2D eigenvalue weighted by Crippen LogP contribution is 2.39. The van der Waals surface area contributed by atoms with Crippen LogP contribution in [0, 0.1) is 5.92 Å². The van der Waals surface area contributed by atoms with E-state index in [2.05, 4.69) is 66.3 Å². The number of phenols is 1. The number of benzene rings is 1. The maximum absolute atomic E-state index is 13.2. The molecule has 1 aromatic rings. The normalized spacial score (nSPS) is 13.0. The van der Waals surface area contributed by atoms with Crippen molar-refractivity contribution in [3.63, 3.8) is 0 Å². The molecule has 0 aliphatic heterocycles. The molecule has 3 nitrogen and oxygen atoms in total. The molecule has 2 atom stereocenters. The van der Waals surface area contributed by atoms with Gasteiger partial charge in [0.1, 0.15) is 5.75 Å². The zero-order valence-electron chi connectivity index (χ0n) is 41.9. The van der Waals surface area contributed by atoms with Crippen molar-refractivity contribution in [1.82, 2.24) is 0 Å². The largest absolute Gasteiger partial charge is 0.507 e. The molecule has 358 valence electrons. The molecule has 0 heterocycles. The maximum atomic E-state index is 13.2. The van der Waals surface area contributed by atoms with E-state index in [1.165, 1.54) is 217 Å². The number of carbonyl (C=O) groups is 1. The predicted octanol–water partition coefficient (Wildman–Crippen LogP) is 18.8. The average molecular weight is 890 g/mol. The molecule has 0 amide bonds. The van der Waals surface area contributed by atoms with Gasteiger partial charge in [-0.15, -0.1) is 0 Å². The van der Waals surface area contributed by atoms with Crippen molar-refractivity contribution in [3.05, 3.63) is 28.3 Å². The Balaban J connectivity index is 2.57. The second-order valence-electron chi connectivity index (χ2n) is 19.9. The van der Waals surface area contributed by atoms with Crippen molar-refractivity contribution in [3.8, 4) is 5.75 Å². The van der Waals surface area contributed by atoms with Gasteiger partial charge in [-0.2, -0.15) is 23.5 Å². The highest BCUT2D eigenvalue weighted by atomic mass is 32.2. The lowest BCUT2D eigenvalue weighted by Crippen LogP contribution is -2.30. The number of hydrogen-bond donors (Lipinski definition) is 2. The van der Waals surface area contributed by atoms with Gasteiger partial charge in [0.05, 0.1) is 5.92 Å². The maximum Gasteiger partial charge on any atom is 0.307 e. The van der Waals surface area contributed by atoms with Crippen molar-refractivity contribution in [2.45, 2.75) is 290 Å². The number of thioether (sulfide) groups is 2. The molecule has 1 rings (SSSR count). The number of carboxylic acid groups (broad SMARTS) is 1. The van der Waals surface area contributed by atoms with E-state index in [1.54, 1.807) is 0 Å². The summed E-state index contributed by atoms with van der Waals surface area (Å²) in [7, 11) is 0. The highest BCUT2D eigenvalue weighted by Gasteiger charge is 2.31. The number of carboxylic acids is 1. The molecule has 2 unspecified atom stereocenters. The molecule has 0 saturated heterocycles. The van der Waals surface area contributed by atoms with E-state index < -0.39 is 11.9 Å². The third-order valence-corrected chi connectivity index (χ3v) is 16.0. The molecule has 0 aliphatic rings. The zero-order valence-corrected chi connectivity index (χ0v) is 43.6. The van der Waals surface area contributed by atoms with Crippen LogP contribution in [0.5, 0.6) is 5.75 Å². The van der Waals surface area contributed by atoms with Gasteiger partial charge in [-0.25, -0.2) is 0 Å². The molecular formula is C56H104O3S2. The topological polar surface area (TPSA) is 57.5 Å². The molecule has 0 spiro atoms. The van der Waals surface area contributed by atoms with Crippen LogP contribution in [0.4, 0.5) is 0 Å². The Morgan fingerprint density at radius 2 is 0.885 bits per heavy atom. The Morgan fingerprint density at radius 1 is 0.525 bits per heavy atom. The fourth-order valence-corrected chi connectivity index (χ4v) is 11.9. The van der Waals surface area contributed by atoms with E-state index in [4.69, 9.17) is 0 Å². The summed E-state index contributed by atoms with van der Waals surface area (Å²) in [5, 5.41) is 22.2. The van der Waals surface area contributed by atoms with Crippen molar-refractivity contribution in [2.75, 3.05) is 17.3 Å². The van der Waals surface area contributed by atoms with Crippen molar-refractivity contribution >= 4 is 29.5 Å². The minimum Gasteiger partial charge on any atom is -0.507 e. The fourth-order valence-electron chi connectivity index (χ4n) is 9.36. The van der Waals surface area contributed by atoms with Crippen molar-refractivity contribution < 1.29 is 15.0 Å². The molecule has 0 aromatic heterocycles. The molecule has 0 radical (unpaired) electrons. The molecule has 2 N–H and O–H groups in total. The minimum absolute atomic E-state index is 0.105. The Hall–Kier alpha value is -0.810. The van der Waals surface area contributed by atoms with Gasteiger partial charge in [0.25, 0.3) is 0 Å². The SMILES string of the molecule is CCCCCCCCCCCCCCCCCCSCCC(SCCCCCCCCCCCCCCCCCC)C(Cc1cc(C(C)(C)C)c(O)c(CC)c1CC)C(=O)O. The third kappa shape index (κ3) is 29.4. The van der Waals surface area contributed by atoms with E-state index in [0.717, 1.165) is 47.5 Å². The molecule has 61 heavy (non-hydrogen) atoms. The number of aromatic hydroxyl groups is 1. The molecule has 0 bridgehead atoms. The summed E-state index contributed by atoms with van der Waals surface area (Å²) in [6.07, 6.45) is 47.5. The van der Waals surface area contributed by atoms with Crippen molar-refractivity contribution in [1.29, 1.82) is 0 Å². The number of aliphatic carboxylic acids is 1. The summed E-state index contributed by atoms with van der Waals surface area (Å²) < 4.78 is 0. The van der Waals surface area contributed by atoms with E-state index in [9.17, 15) is 15.0 Å². The number of phenolic OH excluding ortho intramolecular Hbond substituents is 1. The predicted molar refractivity (Wildman–Crippen MR) is 278 cm³/mol. The second-order valence-corrected chi connectivity index (χ2v) is 22.5. The van der Waals surface area contributed by atoms with Crippen LogP contribution >= 0.6 is 23.5 Å². The standard InChI is InChI=1S/C56H104O3S2/c1-8-12-14-16-18-20-22-24-26-28-30-32-34-36-38-40-43-60-45-42-53(61-44-41-39-37-35-33-31-29-27-25-23-21-19-17-15-13-9-2)51(55(58)59)46-48-47-52(56(5,6)7)54(57)50(11-4)49(48)10-3/h47,51,53,57H,8-46H2,1-7H3,(H,58,59). The van der Waals surface area contributed by atoms with Gasteiger partial charge in [-0.3, -0.25) is 4.79 Å². The Morgan fingerprint density at radius 3 is 1.23 bits per heavy atom. The third-order valence-electron chi connectivity index (χ3n) is 13.4. The summed E-state index contributed by atoms with van der Waals surface area (Å²) >= 11 is 4.00. The Bertz CT molecular complexity index is 1160. The monoisotopic (exact) mass is 889 g/mol. The van der Waals surface area contributed by atoms with Gasteiger partial charge in [-0.05, 0) is 83.5 Å². The number of hydrogen-bond acceptors (Lipinski definition) is 4. The van der Waals surface area contributed by atoms with Crippen LogP contribution in [0.15, 0.2) is 6.07 Å². The van der Waals surface area contributed by atoms with Crippen LogP contribution in [-0.4, -0.2) is 38.7 Å². The van der Waals surface area contributed by atoms with Crippen LogP contribution in [0.3, 0.4) is 0 Å². The van der Waals surface area contributed by atoms with Gasteiger partial charge in [0, 0.05) is 5.25 Å². The summed E-state index contributed by atoms with van der Waals surface area (Å²) in [4.78, 5) is 13.2. The van der Waals surface area contributed by atoms with Gasteiger partial charge < -0.3 is 10.2 Å². The molecule has 1 aromatic carbocycles. The Labute approximate surface area is 390 Å². The first kappa shape index (κ1) is 58.2. The lowest BCUT2D eigenvalue weighted by Gasteiger charge is -2.28. The van der Waals surface area contributed by atoms with Crippen LogP contribution < -0.4 is 0 Å². The molecule has 0 saturated carbocycles. The second kappa shape index (κ2) is 39.5. The van der Waals surface area contributed by atoms with Crippen LogP contribution in [0.1, 0.15) is 283 Å². The first-order valence-electron chi connectivity index (χ1n) is 26.9. The first-order chi connectivity index (χ1) is 29.6. The van der Waals surface area contributed by atoms with E-state index in [1.807, 2.05) is 11.8 Å². The quantitative estimate of drug-likeness (QED) is 0.0639. The van der Waals surface area contributed by atoms with Gasteiger partial charge in [0.2, 0.25) is 0 Å². The van der Waals surface area contributed by atoms with Crippen molar-refractivity contribution in [2.24, 2.45) is 5.92 Å². The average Bonchev–Trinajstić information content (AvgIpc) is 3.23. The zero-order chi connectivity index (χ0) is 44.8. The Kier molecular flexibility index (Phi) is 37.7. The molecule has 0 fully saturated rings. The van der Waals surface area contributed by atoms with E-state index in [-0.39, 0.29) is 10.7 Å². The van der Waals surface area contributed by atoms with Gasteiger partial charge in [0.15, 0.2) is 0 Å². The van der Waals surface area contributed by atoms with Gasteiger partial charge in [-0.1, -0.05) is 247 Å². The molecule has 5 heteroatoms. The minimum atomic E-state index is -0.655. The highest BCUT2D eigenvalue weighted by molar-refractivity contribution is 8.00. The van der Waals surface area contributed by atoms with Crippen LogP contribution in [0.25, 0.3) is 0 Å². The lowest BCUT2D eigenvalue weighted by molar-refractivity contribution is -0.141. The van der Waals surface area contributed by atoms with E-state index in [0.29, 0.717) is 12.2 Å². The van der Waals surface area contributed by atoms with Crippen LogP contribution in [0.2, 0.25) is 0 Å². The fraction of sp³-hybridized carbons (Fsp3) is 0.875. The first-order valence-corrected chi connectivity index (χ1v) is 29.1. The summed E-state index contributed by atoms with van der Waals surface area (Å²) in [6, 6.07) is 2.16. The molecular weight excluding hydrogens is 785 g/mol. The summed E-state index contributed by atoms with van der Waals surface area (Å²) in [5.41, 5.74) is 4.06. The van der Waals surface area contributed by atoms with E-state index >= 15 is 0 Å². The summed E-state index contributed by atoms with van der Waals surface area (Å²) in [6.45, 7) is 15.3. The van der Waals surface area contributed by atoms with Gasteiger partial charge >= 0.3 is 5.97 Å². The molecule has 0 aliphatic carbocycles.